The van der Waals surface area contributed by atoms with Gasteiger partial charge in [-0.05, 0) is 32.7 Å². The Kier molecular flexibility index (Phi) is 5.38. The van der Waals surface area contributed by atoms with Crippen LogP contribution in [0.3, 0.4) is 0 Å². The fourth-order valence-corrected chi connectivity index (χ4v) is 2.27. The van der Waals surface area contributed by atoms with Crippen LogP contribution >= 0.6 is 11.3 Å². The number of hydrogen-bond donors (Lipinski definition) is 2. The molecule has 3 nitrogen and oxygen atoms in total. The first kappa shape index (κ1) is 13.6. The molecule has 0 bridgehead atoms. The molecule has 1 rings (SSSR count). The predicted molar refractivity (Wildman–Crippen MR) is 68.7 cm³/mol. The molecule has 0 radical (unpaired) electrons. The Morgan fingerprint density at radius 1 is 1.44 bits per heavy atom. The van der Waals surface area contributed by atoms with Crippen molar-refractivity contribution in [2.75, 3.05) is 6.54 Å². The Hall–Kier alpha value is -0.450. The maximum atomic E-state index is 9.66. The van der Waals surface area contributed by atoms with Crippen LogP contribution in [0.25, 0.3) is 0 Å². The topological polar surface area (TPSA) is 45.2 Å². The maximum absolute atomic E-state index is 9.66. The first-order valence-corrected chi connectivity index (χ1v) is 6.66. The summed E-state index contributed by atoms with van der Waals surface area (Å²) in [6.45, 7) is 9.08. The molecule has 16 heavy (non-hydrogen) atoms. The molecule has 1 aromatic rings. The summed E-state index contributed by atoms with van der Waals surface area (Å²) in [6, 6.07) is 0.325. The molecule has 2 N–H and O–H groups in total. The number of aryl methyl sites for hydroxylation is 1. The van der Waals surface area contributed by atoms with E-state index in [4.69, 9.17) is 0 Å². The summed E-state index contributed by atoms with van der Waals surface area (Å²) < 4.78 is 0. The molecule has 92 valence electrons. The fourth-order valence-electron chi connectivity index (χ4n) is 1.46. The van der Waals surface area contributed by atoms with Crippen molar-refractivity contribution >= 4 is 11.3 Å². The summed E-state index contributed by atoms with van der Waals surface area (Å²) in [6.07, 6.45) is 2.53. The SMILES string of the molecule is Cc1ncc(C(C)NCCC(O)C(C)C)s1. The zero-order valence-electron chi connectivity index (χ0n) is 10.5. The standard InChI is InChI=1S/C12H22N2OS/c1-8(2)11(15)5-6-13-9(3)12-7-14-10(4)16-12/h7-9,11,13,15H,5-6H2,1-4H3. The van der Waals surface area contributed by atoms with E-state index in [0.717, 1.165) is 18.0 Å². The van der Waals surface area contributed by atoms with Gasteiger partial charge in [0.15, 0.2) is 0 Å². The molecule has 2 atom stereocenters. The average molecular weight is 242 g/mol. The van der Waals surface area contributed by atoms with Gasteiger partial charge in [-0.15, -0.1) is 11.3 Å². The van der Waals surface area contributed by atoms with E-state index in [0.29, 0.717) is 12.0 Å². The number of nitrogens with one attached hydrogen (secondary N) is 1. The second-order valence-corrected chi connectivity index (χ2v) is 5.82. The molecule has 0 saturated carbocycles. The minimum Gasteiger partial charge on any atom is -0.393 e. The smallest absolute Gasteiger partial charge is 0.0897 e. The number of rotatable bonds is 6. The van der Waals surface area contributed by atoms with Crippen LogP contribution in [0.15, 0.2) is 6.20 Å². The van der Waals surface area contributed by atoms with Crippen LogP contribution in [0.1, 0.15) is 43.1 Å². The molecule has 1 heterocycles. The van der Waals surface area contributed by atoms with Gasteiger partial charge in [-0.2, -0.15) is 0 Å². The van der Waals surface area contributed by atoms with Gasteiger partial charge in [0.25, 0.3) is 0 Å². The maximum Gasteiger partial charge on any atom is 0.0897 e. The highest BCUT2D eigenvalue weighted by Crippen LogP contribution is 2.19. The van der Waals surface area contributed by atoms with Crippen LogP contribution < -0.4 is 5.32 Å². The van der Waals surface area contributed by atoms with E-state index in [1.54, 1.807) is 11.3 Å². The van der Waals surface area contributed by atoms with Crippen LogP contribution in [-0.4, -0.2) is 22.7 Å². The highest BCUT2D eigenvalue weighted by Gasteiger charge is 2.11. The minimum absolute atomic E-state index is 0.206. The lowest BCUT2D eigenvalue weighted by molar-refractivity contribution is 0.115. The lowest BCUT2D eigenvalue weighted by Gasteiger charge is -2.16. The second kappa shape index (κ2) is 6.33. The van der Waals surface area contributed by atoms with E-state index >= 15 is 0 Å². The third-order valence-corrected chi connectivity index (χ3v) is 3.82. The average Bonchev–Trinajstić information content (AvgIpc) is 2.64. The molecule has 0 fully saturated rings. The Balaban J connectivity index is 2.28. The zero-order chi connectivity index (χ0) is 12.1. The van der Waals surface area contributed by atoms with Crippen molar-refractivity contribution in [1.82, 2.24) is 10.3 Å². The Morgan fingerprint density at radius 2 is 2.12 bits per heavy atom. The van der Waals surface area contributed by atoms with Crippen LogP contribution in [0, 0.1) is 12.8 Å². The van der Waals surface area contributed by atoms with E-state index in [1.807, 2.05) is 27.0 Å². The van der Waals surface area contributed by atoms with Crippen molar-refractivity contribution in [3.05, 3.63) is 16.1 Å². The van der Waals surface area contributed by atoms with Gasteiger partial charge in [0.05, 0.1) is 11.1 Å². The number of aliphatic hydroxyl groups is 1. The number of aliphatic hydroxyl groups excluding tert-OH is 1. The second-order valence-electron chi connectivity index (χ2n) is 4.56. The van der Waals surface area contributed by atoms with Gasteiger partial charge in [-0.1, -0.05) is 13.8 Å². The van der Waals surface area contributed by atoms with E-state index in [-0.39, 0.29) is 6.10 Å². The molecule has 0 aliphatic rings. The van der Waals surface area contributed by atoms with Crippen molar-refractivity contribution in [2.24, 2.45) is 5.92 Å². The van der Waals surface area contributed by atoms with Crippen LogP contribution in [0.4, 0.5) is 0 Å². The predicted octanol–water partition coefficient (Wildman–Crippen LogP) is 2.51. The third-order valence-electron chi connectivity index (χ3n) is 2.73. The van der Waals surface area contributed by atoms with E-state index < -0.39 is 0 Å². The summed E-state index contributed by atoms with van der Waals surface area (Å²) in [4.78, 5) is 5.50. The molecule has 4 heteroatoms. The fraction of sp³-hybridized carbons (Fsp3) is 0.750. The van der Waals surface area contributed by atoms with Gasteiger partial charge in [0.2, 0.25) is 0 Å². The third kappa shape index (κ3) is 4.20. The van der Waals surface area contributed by atoms with Gasteiger partial charge in [-0.25, -0.2) is 4.98 Å². The minimum atomic E-state index is -0.206. The quantitative estimate of drug-likeness (QED) is 0.805. The van der Waals surface area contributed by atoms with E-state index in [1.165, 1.54) is 4.88 Å². The van der Waals surface area contributed by atoms with Crippen LogP contribution in [0.5, 0.6) is 0 Å². The first-order chi connectivity index (χ1) is 7.50. The Labute approximate surface area is 102 Å². The lowest BCUT2D eigenvalue weighted by Crippen LogP contribution is -2.25. The molecule has 0 amide bonds. The molecular weight excluding hydrogens is 220 g/mol. The van der Waals surface area contributed by atoms with E-state index in [2.05, 4.69) is 17.2 Å². The van der Waals surface area contributed by atoms with Crippen molar-refractivity contribution in [3.8, 4) is 0 Å². The molecule has 0 aromatic carbocycles. The van der Waals surface area contributed by atoms with Gasteiger partial charge in [0, 0.05) is 17.1 Å². The number of thiazole rings is 1. The lowest BCUT2D eigenvalue weighted by atomic mass is 10.0. The van der Waals surface area contributed by atoms with Crippen molar-refractivity contribution in [2.45, 2.75) is 46.3 Å². The summed E-state index contributed by atoms with van der Waals surface area (Å²) in [5.74, 6) is 0.336. The van der Waals surface area contributed by atoms with Gasteiger partial charge < -0.3 is 10.4 Å². The van der Waals surface area contributed by atoms with Crippen LogP contribution in [0.2, 0.25) is 0 Å². The molecule has 0 saturated heterocycles. The summed E-state index contributed by atoms with van der Waals surface area (Å²) >= 11 is 1.72. The van der Waals surface area contributed by atoms with Gasteiger partial charge in [0.1, 0.15) is 0 Å². The van der Waals surface area contributed by atoms with E-state index in [9.17, 15) is 5.11 Å². The van der Waals surface area contributed by atoms with Crippen LogP contribution in [-0.2, 0) is 0 Å². The largest absolute Gasteiger partial charge is 0.393 e. The Bertz CT molecular complexity index is 312. The van der Waals surface area contributed by atoms with Crippen molar-refractivity contribution < 1.29 is 5.11 Å². The summed E-state index contributed by atoms with van der Waals surface area (Å²) in [7, 11) is 0. The first-order valence-electron chi connectivity index (χ1n) is 5.84. The summed E-state index contributed by atoms with van der Waals surface area (Å²) in [5.41, 5.74) is 0. The molecule has 0 aliphatic heterocycles. The van der Waals surface area contributed by atoms with Crippen molar-refractivity contribution in [1.29, 1.82) is 0 Å². The van der Waals surface area contributed by atoms with Gasteiger partial charge in [-0.3, -0.25) is 0 Å². The Morgan fingerprint density at radius 3 is 2.62 bits per heavy atom. The molecule has 0 aliphatic carbocycles. The zero-order valence-corrected chi connectivity index (χ0v) is 11.3. The normalized spacial score (nSPS) is 15.4. The monoisotopic (exact) mass is 242 g/mol. The molecule has 1 aromatic heterocycles. The molecule has 2 unspecified atom stereocenters. The molecular formula is C12H22N2OS. The number of hydrogen-bond acceptors (Lipinski definition) is 4. The summed E-state index contributed by atoms with van der Waals surface area (Å²) in [5, 5.41) is 14.2. The molecule has 0 spiro atoms. The van der Waals surface area contributed by atoms with Gasteiger partial charge >= 0.3 is 0 Å². The highest BCUT2D eigenvalue weighted by molar-refractivity contribution is 7.11. The van der Waals surface area contributed by atoms with Crippen molar-refractivity contribution in [3.63, 3.8) is 0 Å². The number of aromatic nitrogens is 1. The number of nitrogens with zero attached hydrogens (tertiary/aromatic N) is 1. The highest BCUT2D eigenvalue weighted by atomic mass is 32.1.